The molecule has 1 fully saturated rings. The van der Waals surface area contributed by atoms with Crippen molar-refractivity contribution in [3.8, 4) is 0 Å². The molecule has 3 aromatic rings. The van der Waals surface area contributed by atoms with Crippen molar-refractivity contribution in [3.05, 3.63) is 94.7 Å². The number of nitrogens with zero attached hydrogens (tertiary/aromatic N) is 2. The highest BCUT2D eigenvalue weighted by atomic mass is 79.9. The number of para-hydroxylation sites is 1. The molecule has 1 saturated heterocycles. The number of carbonyl (C=O) groups excluding carboxylic acids is 1. The SMILES string of the molecule is O=C(Nc1ccc(Br)cc1)N(CCCN1CCC(Cc2ccc(F)cc2)CC1)c1ccccc1. The molecule has 0 spiro atoms. The molecule has 0 aromatic heterocycles. The summed E-state index contributed by atoms with van der Waals surface area (Å²) >= 11 is 3.43. The van der Waals surface area contributed by atoms with Crippen LogP contribution in [0.25, 0.3) is 0 Å². The summed E-state index contributed by atoms with van der Waals surface area (Å²) in [4.78, 5) is 17.4. The van der Waals surface area contributed by atoms with Crippen molar-refractivity contribution in [1.82, 2.24) is 4.90 Å². The first-order valence-electron chi connectivity index (χ1n) is 11.9. The Balaban J connectivity index is 1.27. The Morgan fingerprint density at radius 3 is 2.32 bits per heavy atom. The molecular weight excluding hydrogens is 493 g/mol. The molecule has 4 rings (SSSR count). The van der Waals surface area contributed by atoms with Crippen LogP contribution in [0.2, 0.25) is 0 Å². The quantitative estimate of drug-likeness (QED) is 0.346. The van der Waals surface area contributed by atoms with Gasteiger partial charge in [0.1, 0.15) is 5.82 Å². The average molecular weight is 524 g/mol. The first kappa shape index (κ1) is 24.4. The molecule has 6 heteroatoms. The Bertz CT molecular complexity index is 1040. The topological polar surface area (TPSA) is 35.6 Å². The van der Waals surface area contributed by atoms with E-state index < -0.39 is 0 Å². The van der Waals surface area contributed by atoms with Crippen LogP contribution in [0.1, 0.15) is 24.8 Å². The molecule has 3 aromatic carbocycles. The van der Waals surface area contributed by atoms with Gasteiger partial charge in [0.15, 0.2) is 0 Å². The van der Waals surface area contributed by atoms with Gasteiger partial charge in [0.25, 0.3) is 0 Å². The molecule has 1 aliphatic rings. The van der Waals surface area contributed by atoms with Gasteiger partial charge in [-0.15, -0.1) is 0 Å². The van der Waals surface area contributed by atoms with E-state index in [2.05, 4.69) is 26.1 Å². The van der Waals surface area contributed by atoms with Gasteiger partial charge in [-0.1, -0.05) is 46.3 Å². The molecule has 0 saturated carbocycles. The maximum Gasteiger partial charge on any atom is 0.326 e. The first-order chi connectivity index (χ1) is 16.6. The summed E-state index contributed by atoms with van der Waals surface area (Å²) in [5, 5.41) is 3.02. The van der Waals surface area contributed by atoms with Crippen molar-refractivity contribution >= 4 is 33.3 Å². The fraction of sp³-hybridized carbons (Fsp3) is 0.321. The van der Waals surface area contributed by atoms with Gasteiger partial charge in [0.2, 0.25) is 0 Å². The van der Waals surface area contributed by atoms with E-state index in [0.717, 1.165) is 61.2 Å². The predicted molar refractivity (Wildman–Crippen MR) is 141 cm³/mol. The molecule has 4 nitrogen and oxygen atoms in total. The lowest BCUT2D eigenvalue weighted by Gasteiger charge is -2.32. The molecule has 0 unspecified atom stereocenters. The maximum absolute atomic E-state index is 13.1. The predicted octanol–water partition coefficient (Wildman–Crippen LogP) is 6.97. The van der Waals surface area contributed by atoms with Crippen LogP contribution in [0.4, 0.5) is 20.6 Å². The van der Waals surface area contributed by atoms with Gasteiger partial charge in [-0.2, -0.15) is 0 Å². The van der Waals surface area contributed by atoms with E-state index in [1.54, 1.807) is 12.1 Å². The summed E-state index contributed by atoms with van der Waals surface area (Å²) in [5.74, 6) is 0.479. The van der Waals surface area contributed by atoms with E-state index in [9.17, 15) is 9.18 Å². The fourth-order valence-corrected chi connectivity index (χ4v) is 4.76. The van der Waals surface area contributed by atoms with E-state index in [1.165, 1.54) is 5.56 Å². The normalized spacial score (nSPS) is 14.6. The first-order valence-corrected chi connectivity index (χ1v) is 12.7. The van der Waals surface area contributed by atoms with Crippen molar-refractivity contribution in [2.45, 2.75) is 25.7 Å². The van der Waals surface area contributed by atoms with Gasteiger partial charge in [-0.3, -0.25) is 4.90 Å². The van der Waals surface area contributed by atoms with Gasteiger partial charge in [-0.05, 0) is 105 Å². The van der Waals surface area contributed by atoms with E-state index >= 15 is 0 Å². The molecule has 2 amide bonds. The number of piperidine rings is 1. The summed E-state index contributed by atoms with van der Waals surface area (Å²) in [6.07, 6.45) is 4.24. The minimum absolute atomic E-state index is 0.119. The number of nitrogens with one attached hydrogen (secondary N) is 1. The van der Waals surface area contributed by atoms with Crippen LogP contribution >= 0.6 is 15.9 Å². The molecule has 0 atom stereocenters. The minimum Gasteiger partial charge on any atom is -0.308 e. The lowest BCUT2D eigenvalue weighted by atomic mass is 9.90. The van der Waals surface area contributed by atoms with Crippen LogP contribution in [0, 0.1) is 11.7 Å². The Labute approximate surface area is 209 Å². The van der Waals surface area contributed by atoms with Crippen LogP contribution in [0.3, 0.4) is 0 Å². The maximum atomic E-state index is 13.1. The number of halogens is 2. The molecule has 1 heterocycles. The fourth-order valence-electron chi connectivity index (χ4n) is 4.50. The number of rotatable bonds is 8. The molecule has 0 bridgehead atoms. The Morgan fingerprint density at radius 1 is 0.971 bits per heavy atom. The number of hydrogen-bond acceptors (Lipinski definition) is 2. The van der Waals surface area contributed by atoms with E-state index in [1.807, 2.05) is 71.6 Å². The van der Waals surface area contributed by atoms with Gasteiger partial charge in [0.05, 0.1) is 0 Å². The van der Waals surface area contributed by atoms with Gasteiger partial charge in [-0.25, -0.2) is 9.18 Å². The highest BCUT2D eigenvalue weighted by molar-refractivity contribution is 9.10. The number of benzene rings is 3. The van der Waals surface area contributed by atoms with E-state index in [-0.39, 0.29) is 11.8 Å². The summed E-state index contributed by atoms with van der Waals surface area (Å²) < 4.78 is 14.1. The van der Waals surface area contributed by atoms with Crippen LogP contribution in [0.5, 0.6) is 0 Å². The highest BCUT2D eigenvalue weighted by Gasteiger charge is 2.21. The van der Waals surface area contributed by atoms with Crippen LogP contribution in [-0.2, 0) is 6.42 Å². The van der Waals surface area contributed by atoms with E-state index in [0.29, 0.717) is 12.5 Å². The number of anilines is 2. The van der Waals surface area contributed by atoms with Gasteiger partial charge >= 0.3 is 6.03 Å². The smallest absolute Gasteiger partial charge is 0.308 e. The number of hydrogen-bond donors (Lipinski definition) is 1. The minimum atomic E-state index is -0.173. The Morgan fingerprint density at radius 2 is 1.65 bits per heavy atom. The molecule has 1 aliphatic heterocycles. The monoisotopic (exact) mass is 523 g/mol. The summed E-state index contributed by atoms with van der Waals surface area (Å²) in [5.41, 5.74) is 2.89. The number of likely N-dealkylation sites (tertiary alicyclic amines) is 1. The number of amides is 2. The van der Waals surface area contributed by atoms with Crippen LogP contribution in [-0.4, -0.2) is 37.1 Å². The zero-order chi connectivity index (χ0) is 23.8. The Kier molecular flexibility index (Phi) is 8.72. The summed E-state index contributed by atoms with van der Waals surface area (Å²) in [6.45, 7) is 3.77. The molecule has 178 valence electrons. The third-order valence-corrected chi connectivity index (χ3v) is 6.94. The zero-order valence-corrected chi connectivity index (χ0v) is 20.9. The average Bonchev–Trinajstić information content (AvgIpc) is 2.86. The Hall–Kier alpha value is -2.70. The third kappa shape index (κ3) is 7.15. The second kappa shape index (κ2) is 12.1. The van der Waals surface area contributed by atoms with E-state index in [4.69, 9.17) is 0 Å². The van der Waals surface area contributed by atoms with Gasteiger partial charge in [0, 0.05) is 22.4 Å². The molecule has 1 N–H and O–H groups in total. The van der Waals surface area contributed by atoms with Crippen molar-refractivity contribution in [2.24, 2.45) is 5.92 Å². The zero-order valence-electron chi connectivity index (χ0n) is 19.3. The second-order valence-corrected chi connectivity index (χ2v) is 9.81. The highest BCUT2D eigenvalue weighted by Crippen LogP contribution is 2.23. The number of carbonyl (C=O) groups is 1. The standard InChI is InChI=1S/C28H31BrFN3O/c29-24-9-13-26(14-10-24)31-28(34)33(27-5-2-1-3-6-27)18-4-17-32-19-15-23(16-20-32)21-22-7-11-25(30)12-8-22/h1-3,5-14,23H,4,15-21H2,(H,31,34). The number of urea groups is 1. The van der Waals surface area contributed by atoms with Crippen molar-refractivity contribution < 1.29 is 9.18 Å². The lowest BCUT2D eigenvalue weighted by molar-refractivity contribution is 0.183. The molecule has 0 aliphatic carbocycles. The third-order valence-electron chi connectivity index (χ3n) is 6.41. The summed E-state index contributed by atoms with van der Waals surface area (Å²) in [7, 11) is 0. The molecule has 0 radical (unpaired) electrons. The van der Waals surface area contributed by atoms with Crippen molar-refractivity contribution in [1.29, 1.82) is 0 Å². The summed E-state index contributed by atoms with van der Waals surface area (Å²) in [6, 6.07) is 24.2. The van der Waals surface area contributed by atoms with Crippen LogP contribution in [0.15, 0.2) is 83.3 Å². The van der Waals surface area contributed by atoms with Gasteiger partial charge < -0.3 is 10.2 Å². The van der Waals surface area contributed by atoms with Crippen LogP contribution < -0.4 is 10.2 Å². The largest absolute Gasteiger partial charge is 0.326 e. The molecular formula is C28H31BrFN3O. The second-order valence-electron chi connectivity index (χ2n) is 8.89. The van der Waals surface area contributed by atoms with Crippen molar-refractivity contribution in [3.63, 3.8) is 0 Å². The van der Waals surface area contributed by atoms with Crippen molar-refractivity contribution in [2.75, 3.05) is 36.4 Å². The molecule has 34 heavy (non-hydrogen) atoms. The lowest BCUT2D eigenvalue weighted by Crippen LogP contribution is -2.39.